The molecule has 3 N–H and O–H groups in total. The van der Waals surface area contributed by atoms with Gasteiger partial charge in [-0.25, -0.2) is 0 Å². The number of halogens is 1. The second kappa shape index (κ2) is 10.0. The van der Waals surface area contributed by atoms with Gasteiger partial charge in [-0.3, -0.25) is 14.4 Å². The molecule has 8 heteroatoms. The van der Waals surface area contributed by atoms with Crippen molar-refractivity contribution in [1.29, 1.82) is 0 Å². The largest absolute Gasteiger partial charge is 0.347 e. The fraction of sp³-hybridized carbons (Fsp3) is 0.136. The Bertz CT molecular complexity index is 1050. The SMILES string of the molecule is CCC(=O)Nc1ccc(Cl)c(NC(=O)c2ccc(CNC(=O)c3cccs3)cc2)c1. The highest BCUT2D eigenvalue weighted by Gasteiger charge is 2.11. The predicted octanol–water partition coefficient (Wildman–Crippen LogP) is 4.93. The molecule has 30 heavy (non-hydrogen) atoms. The lowest BCUT2D eigenvalue weighted by molar-refractivity contribution is -0.115. The van der Waals surface area contributed by atoms with E-state index in [2.05, 4.69) is 16.0 Å². The molecule has 0 saturated heterocycles. The molecule has 0 spiro atoms. The van der Waals surface area contributed by atoms with Crippen LogP contribution in [0.1, 0.15) is 38.9 Å². The monoisotopic (exact) mass is 441 g/mol. The number of thiophene rings is 1. The Morgan fingerprint density at radius 1 is 0.967 bits per heavy atom. The summed E-state index contributed by atoms with van der Waals surface area (Å²) in [4.78, 5) is 36.8. The summed E-state index contributed by atoms with van der Waals surface area (Å²) < 4.78 is 0. The molecule has 0 atom stereocenters. The maximum absolute atomic E-state index is 12.6. The summed E-state index contributed by atoms with van der Waals surface area (Å²) >= 11 is 7.55. The molecule has 0 unspecified atom stereocenters. The third kappa shape index (κ3) is 5.68. The molecular weight excluding hydrogens is 422 g/mol. The molecule has 3 rings (SSSR count). The number of nitrogens with one attached hydrogen (secondary N) is 3. The fourth-order valence-electron chi connectivity index (χ4n) is 2.59. The molecule has 154 valence electrons. The number of hydrogen-bond donors (Lipinski definition) is 3. The highest BCUT2D eigenvalue weighted by Crippen LogP contribution is 2.26. The van der Waals surface area contributed by atoms with Crippen molar-refractivity contribution in [2.45, 2.75) is 19.9 Å². The van der Waals surface area contributed by atoms with Crippen molar-refractivity contribution in [1.82, 2.24) is 5.32 Å². The van der Waals surface area contributed by atoms with Gasteiger partial charge in [-0.15, -0.1) is 11.3 Å². The number of rotatable bonds is 7. The van der Waals surface area contributed by atoms with Crippen LogP contribution in [0, 0.1) is 0 Å². The third-order valence-corrected chi connectivity index (χ3v) is 5.43. The van der Waals surface area contributed by atoms with Crippen LogP contribution in [0.15, 0.2) is 60.0 Å². The molecule has 1 heterocycles. The summed E-state index contributed by atoms with van der Waals surface area (Å²) in [5.41, 5.74) is 2.28. The standard InChI is InChI=1S/C22H20ClN3O3S/c1-2-20(27)25-16-9-10-17(23)18(12-16)26-21(28)15-7-5-14(6-8-15)13-24-22(29)19-4-3-11-30-19/h3-12H,2,13H2,1H3,(H,24,29)(H,25,27)(H,26,28). The van der Waals surface area contributed by atoms with E-state index in [9.17, 15) is 14.4 Å². The highest BCUT2D eigenvalue weighted by atomic mass is 35.5. The normalized spacial score (nSPS) is 10.3. The molecule has 3 amide bonds. The average molecular weight is 442 g/mol. The van der Waals surface area contributed by atoms with Gasteiger partial charge in [0.25, 0.3) is 11.8 Å². The lowest BCUT2D eigenvalue weighted by Gasteiger charge is -2.11. The summed E-state index contributed by atoms with van der Waals surface area (Å²) in [5.74, 6) is -0.585. The van der Waals surface area contributed by atoms with E-state index < -0.39 is 0 Å². The number of benzene rings is 2. The third-order valence-electron chi connectivity index (χ3n) is 4.23. The molecule has 1 aromatic heterocycles. The molecule has 0 aliphatic heterocycles. The Labute approximate surface area is 183 Å². The number of hydrogen-bond acceptors (Lipinski definition) is 4. The van der Waals surface area contributed by atoms with Gasteiger partial charge in [-0.1, -0.05) is 36.7 Å². The summed E-state index contributed by atoms with van der Waals surface area (Å²) in [5, 5.41) is 10.5. The lowest BCUT2D eigenvalue weighted by Crippen LogP contribution is -2.21. The van der Waals surface area contributed by atoms with Gasteiger partial charge >= 0.3 is 0 Å². The van der Waals surface area contributed by atoms with E-state index >= 15 is 0 Å². The van der Waals surface area contributed by atoms with E-state index in [4.69, 9.17) is 11.6 Å². The molecule has 0 fully saturated rings. The van der Waals surface area contributed by atoms with Crippen LogP contribution in [-0.4, -0.2) is 17.7 Å². The van der Waals surface area contributed by atoms with E-state index in [-0.39, 0.29) is 17.7 Å². The van der Waals surface area contributed by atoms with Gasteiger partial charge in [0.1, 0.15) is 0 Å². The minimum absolute atomic E-state index is 0.128. The number of carbonyl (C=O) groups is 3. The second-order valence-electron chi connectivity index (χ2n) is 6.41. The molecule has 0 aliphatic rings. The van der Waals surface area contributed by atoms with Crippen LogP contribution in [-0.2, 0) is 11.3 Å². The predicted molar refractivity (Wildman–Crippen MR) is 120 cm³/mol. The van der Waals surface area contributed by atoms with Crippen LogP contribution >= 0.6 is 22.9 Å². The summed E-state index contributed by atoms with van der Waals surface area (Å²) in [7, 11) is 0. The smallest absolute Gasteiger partial charge is 0.261 e. The molecule has 0 aliphatic carbocycles. The van der Waals surface area contributed by atoms with Crippen LogP contribution < -0.4 is 16.0 Å². The zero-order chi connectivity index (χ0) is 21.5. The van der Waals surface area contributed by atoms with Crippen LogP contribution in [0.25, 0.3) is 0 Å². The molecule has 0 radical (unpaired) electrons. The first-order valence-corrected chi connectivity index (χ1v) is 10.5. The zero-order valence-corrected chi connectivity index (χ0v) is 17.8. The highest BCUT2D eigenvalue weighted by molar-refractivity contribution is 7.12. The Balaban J connectivity index is 1.61. The Kier molecular flexibility index (Phi) is 7.21. The van der Waals surface area contributed by atoms with Gasteiger partial charge in [0.15, 0.2) is 0 Å². The van der Waals surface area contributed by atoms with Crippen molar-refractivity contribution in [2.24, 2.45) is 0 Å². The van der Waals surface area contributed by atoms with Crippen LogP contribution in [0.4, 0.5) is 11.4 Å². The Hall–Kier alpha value is -3.16. The molecule has 0 saturated carbocycles. The van der Waals surface area contributed by atoms with Crippen molar-refractivity contribution in [3.63, 3.8) is 0 Å². The van der Waals surface area contributed by atoms with Crippen molar-refractivity contribution in [3.05, 3.63) is 81.0 Å². The first-order chi connectivity index (χ1) is 14.5. The summed E-state index contributed by atoms with van der Waals surface area (Å²) in [6.07, 6.45) is 0.352. The summed E-state index contributed by atoms with van der Waals surface area (Å²) in [6, 6.07) is 15.4. The lowest BCUT2D eigenvalue weighted by atomic mass is 10.1. The molecule has 6 nitrogen and oxygen atoms in total. The first kappa shape index (κ1) is 21.5. The molecule has 2 aromatic carbocycles. The second-order valence-corrected chi connectivity index (χ2v) is 7.76. The number of anilines is 2. The fourth-order valence-corrected chi connectivity index (χ4v) is 3.40. The van der Waals surface area contributed by atoms with Crippen LogP contribution in [0.5, 0.6) is 0 Å². The van der Waals surface area contributed by atoms with Crippen molar-refractivity contribution < 1.29 is 14.4 Å². The maximum Gasteiger partial charge on any atom is 0.261 e. The quantitative estimate of drug-likeness (QED) is 0.485. The number of carbonyl (C=O) groups excluding carboxylic acids is 3. The summed E-state index contributed by atoms with van der Waals surface area (Å²) in [6.45, 7) is 2.12. The maximum atomic E-state index is 12.6. The number of amides is 3. The Morgan fingerprint density at radius 3 is 2.40 bits per heavy atom. The van der Waals surface area contributed by atoms with Crippen LogP contribution in [0.2, 0.25) is 5.02 Å². The Morgan fingerprint density at radius 2 is 1.73 bits per heavy atom. The minimum atomic E-state index is -0.329. The van der Waals surface area contributed by atoms with Gasteiger partial charge in [-0.05, 0) is 47.3 Å². The molecule has 0 bridgehead atoms. The van der Waals surface area contributed by atoms with E-state index in [1.165, 1.54) is 11.3 Å². The molecular formula is C22H20ClN3O3S. The molecule has 3 aromatic rings. The van der Waals surface area contributed by atoms with E-state index in [0.29, 0.717) is 39.8 Å². The minimum Gasteiger partial charge on any atom is -0.347 e. The van der Waals surface area contributed by atoms with Gasteiger partial charge < -0.3 is 16.0 Å². The average Bonchev–Trinajstić information content (AvgIpc) is 3.29. The van der Waals surface area contributed by atoms with E-state index in [1.807, 2.05) is 11.4 Å². The van der Waals surface area contributed by atoms with E-state index in [1.54, 1.807) is 55.5 Å². The first-order valence-electron chi connectivity index (χ1n) is 9.27. The van der Waals surface area contributed by atoms with Gasteiger partial charge in [0, 0.05) is 24.2 Å². The zero-order valence-electron chi connectivity index (χ0n) is 16.2. The van der Waals surface area contributed by atoms with Crippen molar-refractivity contribution in [2.75, 3.05) is 10.6 Å². The van der Waals surface area contributed by atoms with E-state index in [0.717, 1.165) is 5.56 Å². The van der Waals surface area contributed by atoms with Crippen LogP contribution in [0.3, 0.4) is 0 Å². The van der Waals surface area contributed by atoms with Gasteiger partial charge in [0.2, 0.25) is 5.91 Å². The van der Waals surface area contributed by atoms with Crippen molar-refractivity contribution in [3.8, 4) is 0 Å². The topological polar surface area (TPSA) is 87.3 Å². The van der Waals surface area contributed by atoms with Gasteiger partial charge in [-0.2, -0.15) is 0 Å². The van der Waals surface area contributed by atoms with Gasteiger partial charge in [0.05, 0.1) is 15.6 Å². The van der Waals surface area contributed by atoms with Crippen molar-refractivity contribution >= 4 is 52.0 Å².